The van der Waals surface area contributed by atoms with E-state index >= 15 is 0 Å². The van der Waals surface area contributed by atoms with Gasteiger partial charge in [0.1, 0.15) is 5.52 Å². The van der Waals surface area contributed by atoms with E-state index < -0.39 is 17.8 Å². The molecule has 0 bridgehead atoms. The van der Waals surface area contributed by atoms with Crippen LogP contribution in [0.3, 0.4) is 0 Å². The van der Waals surface area contributed by atoms with Crippen LogP contribution >= 0.6 is 0 Å². The third-order valence-electron chi connectivity index (χ3n) is 4.47. The highest BCUT2D eigenvalue weighted by molar-refractivity contribution is 6.01. The first-order valence-electron chi connectivity index (χ1n) is 8.24. The van der Waals surface area contributed by atoms with Gasteiger partial charge in [0.25, 0.3) is 0 Å². The van der Waals surface area contributed by atoms with E-state index in [4.69, 9.17) is 4.42 Å². The Balaban J connectivity index is 1.93. The zero-order valence-corrected chi connectivity index (χ0v) is 14.1. The molecule has 2 aromatic carbocycles. The molecule has 2 unspecified atom stereocenters. The fourth-order valence-electron chi connectivity index (χ4n) is 2.97. The third-order valence-corrected chi connectivity index (χ3v) is 4.47. The lowest BCUT2D eigenvalue weighted by Crippen LogP contribution is -2.27. The van der Waals surface area contributed by atoms with Crippen LogP contribution in [0.15, 0.2) is 52.9 Å². The number of benzene rings is 2. The van der Waals surface area contributed by atoms with Crippen molar-refractivity contribution in [1.82, 2.24) is 4.98 Å². The summed E-state index contributed by atoms with van der Waals surface area (Å²) in [5.74, 6) is -1.95. The van der Waals surface area contributed by atoms with Crippen molar-refractivity contribution < 1.29 is 19.1 Å². The standard InChI is InChI=1S/C20H19NO4/c1-3-15(20(23)24)12(2)18(22)14-9-10-16-17(11-14)25-19(21-16)13-7-5-4-6-8-13/h4-12,15H,3H2,1-2H3,(H,23,24). The van der Waals surface area contributed by atoms with Crippen LogP contribution in [-0.4, -0.2) is 21.8 Å². The summed E-state index contributed by atoms with van der Waals surface area (Å²) in [6.45, 7) is 3.43. The van der Waals surface area contributed by atoms with Crippen molar-refractivity contribution in [1.29, 1.82) is 0 Å². The van der Waals surface area contributed by atoms with E-state index in [1.807, 2.05) is 30.3 Å². The topological polar surface area (TPSA) is 80.4 Å². The summed E-state index contributed by atoms with van der Waals surface area (Å²) in [6.07, 6.45) is 0.408. The fraction of sp³-hybridized carbons (Fsp3) is 0.250. The van der Waals surface area contributed by atoms with Gasteiger partial charge in [0.2, 0.25) is 5.89 Å². The molecule has 0 aliphatic heterocycles. The van der Waals surface area contributed by atoms with E-state index in [2.05, 4.69) is 4.98 Å². The highest BCUT2D eigenvalue weighted by Gasteiger charge is 2.29. The maximum Gasteiger partial charge on any atom is 0.307 e. The number of carboxylic acid groups (broad SMARTS) is 1. The van der Waals surface area contributed by atoms with E-state index in [0.29, 0.717) is 29.0 Å². The molecule has 1 N–H and O–H groups in total. The predicted molar refractivity (Wildman–Crippen MR) is 94.4 cm³/mol. The highest BCUT2D eigenvalue weighted by atomic mass is 16.4. The van der Waals surface area contributed by atoms with Gasteiger partial charge >= 0.3 is 5.97 Å². The lowest BCUT2D eigenvalue weighted by molar-refractivity contribution is -0.143. The fourth-order valence-corrected chi connectivity index (χ4v) is 2.97. The Bertz CT molecular complexity index is 914. The third kappa shape index (κ3) is 3.31. The number of aliphatic carboxylic acids is 1. The Kier molecular flexibility index (Phi) is 4.65. The molecule has 5 heteroatoms. The van der Waals surface area contributed by atoms with Crippen molar-refractivity contribution in [3.63, 3.8) is 0 Å². The highest BCUT2D eigenvalue weighted by Crippen LogP contribution is 2.27. The lowest BCUT2D eigenvalue weighted by Gasteiger charge is -2.17. The van der Waals surface area contributed by atoms with Gasteiger partial charge in [-0.05, 0) is 36.8 Å². The van der Waals surface area contributed by atoms with Gasteiger partial charge in [-0.15, -0.1) is 0 Å². The molecule has 5 nitrogen and oxygen atoms in total. The van der Waals surface area contributed by atoms with Crippen molar-refractivity contribution in [3.8, 4) is 11.5 Å². The van der Waals surface area contributed by atoms with Crippen molar-refractivity contribution in [2.45, 2.75) is 20.3 Å². The van der Waals surface area contributed by atoms with Gasteiger partial charge in [0.15, 0.2) is 11.4 Å². The van der Waals surface area contributed by atoms with Crippen molar-refractivity contribution in [2.75, 3.05) is 0 Å². The van der Waals surface area contributed by atoms with E-state index in [1.54, 1.807) is 32.0 Å². The minimum Gasteiger partial charge on any atom is -0.481 e. The van der Waals surface area contributed by atoms with Crippen molar-refractivity contribution in [2.24, 2.45) is 11.8 Å². The van der Waals surface area contributed by atoms with Crippen LogP contribution in [0.1, 0.15) is 30.6 Å². The van der Waals surface area contributed by atoms with Crippen LogP contribution in [0.2, 0.25) is 0 Å². The first-order valence-corrected chi connectivity index (χ1v) is 8.24. The van der Waals surface area contributed by atoms with Crippen LogP contribution in [0.25, 0.3) is 22.6 Å². The second-order valence-electron chi connectivity index (χ2n) is 6.07. The average molecular weight is 337 g/mol. The number of carboxylic acids is 1. The molecule has 0 saturated carbocycles. The Morgan fingerprint density at radius 1 is 1.16 bits per heavy atom. The monoisotopic (exact) mass is 337 g/mol. The largest absolute Gasteiger partial charge is 0.481 e. The molecule has 0 aliphatic rings. The Morgan fingerprint density at radius 2 is 1.88 bits per heavy atom. The molecule has 0 fully saturated rings. The summed E-state index contributed by atoms with van der Waals surface area (Å²) in [7, 11) is 0. The van der Waals surface area contributed by atoms with E-state index in [-0.39, 0.29) is 5.78 Å². The summed E-state index contributed by atoms with van der Waals surface area (Å²) in [4.78, 5) is 28.4. The summed E-state index contributed by atoms with van der Waals surface area (Å²) < 4.78 is 5.78. The number of Topliss-reactive ketones (excluding diaryl/α,β-unsaturated/α-hetero) is 1. The van der Waals surface area contributed by atoms with E-state index in [9.17, 15) is 14.7 Å². The van der Waals surface area contributed by atoms with Gasteiger partial charge in [0.05, 0.1) is 5.92 Å². The van der Waals surface area contributed by atoms with Gasteiger partial charge in [-0.2, -0.15) is 0 Å². The number of hydrogen-bond acceptors (Lipinski definition) is 4. The minimum atomic E-state index is -0.949. The molecular weight excluding hydrogens is 318 g/mol. The number of nitrogens with zero attached hydrogens (tertiary/aromatic N) is 1. The first kappa shape index (κ1) is 16.9. The van der Waals surface area contributed by atoms with Crippen LogP contribution in [0.4, 0.5) is 0 Å². The van der Waals surface area contributed by atoms with Crippen LogP contribution in [0, 0.1) is 11.8 Å². The van der Waals surface area contributed by atoms with Gasteiger partial charge in [-0.25, -0.2) is 4.98 Å². The summed E-state index contributed by atoms with van der Waals surface area (Å²) in [5, 5.41) is 9.26. The molecule has 2 atom stereocenters. The number of aromatic nitrogens is 1. The number of oxazole rings is 1. The lowest BCUT2D eigenvalue weighted by atomic mass is 9.85. The quantitative estimate of drug-likeness (QED) is 0.673. The maximum atomic E-state index is 12.6. The van der Waals surface area contributed by atoms with Crippen LogP contribution < -0.4 is 0 Å². The number of ketones is 1. The molecule has 0 radical (unpaired) electrons. The smallest absolute Gasteiger partial charge is 0.307 e. The SMILES string of the molecule is CCC(C(=O)O)C(C)C(=O)c1ccc2nc(-c3ccccc3)oc2c1. The second-order valence-corrected chi connectivity index (χ2v) is 6.07. The Morgan fingerprint density at radius 3 is 2.52 bits per heavy atom. The van der Waals surface area contributed by atoms with Gasteiger partial charge in [0, 0.05) is 17.0 Å². The van der Waals surface area contributed by atoms with Gasteiger partial charge in [-0.3, -0.25) is 9.59 Å². The number of fused-ring (bicyclic) bond motifs is 1. The van der Waals surface area contributed by atoms with E-state index in [1.165, 1.54) is 0 Å². The van der Waals surface area contributed by atoms with Gasteiger partial charge < -0.3 is 9.52 Å². The summed E-state index contributed by atoms with van der Waals surface area (Å²) >= 11 is 0. The number of rotatable bonds is 6. The van der Waals surface area contributed by atoms with Gasteiger partial charge in [-0.1, -0.05) is 32.0 Å². The maximum absolute atomic E-state index is 12.6. The van der Waals surface area contributed by atoms with Crippen molar-refractivity contribution >= 4 is 22.9 Å². The number of hydrogen-bond donors (Lipinski definition) is 1. The molecule has 128 valence electrons. The predicted octanol–water partition coefficient (Wildman–Crippen LogP) is 4.42. The summed E-state index contributed by atoms with van der Waals surface area (Å²) in [5.41, 5.74) is 2.47. The zero-order valence-electron chi connectivity index (χ0n) is 14.1. The Labute approximate surface area is 145 Å². The molecule has 0 amide bonds. The molecular formula is C20H19NO4. The van der Waals surface area contributed by atoms with Crippen molar-refractivity contribution in [3.05, 3.63) is 54.1 Å². The second kappa shape index (κ2) is 6.89. The number of carbonyl (C=O) groups is 2. The molecule has 0 saturated heterocycles. The van der Waals surface area contributed by atoms with Crippen LogP contribution in [0.5, 0.6) is 0 Å². The minimum absolute atomic E-state index is 0.200. The van der Waals surface area contributed by atoms with E-state index in [0.717, 1.165) is 5.56 Å². The zero-order chi connectivity index (χ0) is 18.0. The Hall–Kier alpha value is -2.95. The number of carbonyl (C=O) groups excluding carboxylic acids is 1. The molecule has 0 aliphatic carbocycles. The molecule has 3 rings (SSSR count). The normalized spacial score (nSPS) is 13.5. The molecule has 0 spiro atoms. The first-order chi connectivity index (χ1) is 12.0. The molecule has 3 aromatic rings. The van der Waals surface area contributed by atoms with Crippen LogP contribution in [-0.2, 0) is 4.79 Å². The molecule has 25 heavy (non-hydrogen) atoms. The molecule has 1 aromatic heterocycles. The molecule has 1 heterocycles. The average Bonchev–Trinajstić information content (AvgIpc) is 3.05. The summed E-state index contributed by atoms with van der Waals surface area (Å²) in [6, 6.07) is 14.6.